The molecule has 1 amide bonds. The van der Waals surface area contributed by atoms with Gasteiger partial charge in [-0.25, -0.2) is 0 Å². The second kappa shape index (κ2) is 4.73. The molecule has 0 bridgehead atoms. The Hall–Kier alpha value is -1.35. The Morgan fingerprint density at radius 2 is 2.00 bits per heavy atom. The number of benzene rings is 1. The number of anilines is 1. The molecule has 3 nitrogen and oxygen atoms in total. The average molecular weight is 246 g/mol. The van der Waals surface area contributed by atoms with Crippen LogP contribution in [0.15, 0.2) is 24.3 Å². The minimum absolute atomic E-state index is 0.206. The summed E-state index contributed by atoms with van der Waals surface area (Å²) in [5.41, 5.74) is 1.81. The van der Waals surface area contributed by atoms with E-state index in [1.54, 1.807) is 0 Å². The Morgan fingerprint density at radius 1 is 1.33 bits per heavy atom. The van der Waals surface area contributed by atoms with E-state index in [-0.39, 0.29) is 5.91 Å². The van der Waals surface area contributed by atoms with Gasteiger partial charge in [0, 0.05) is 18.3 Å². The van der Waals surface area contributed by atoms with Gasteiger partial charge in [-0.3, -0.25) is 4.79 Å². The molecule has 3 heteroatoms. The van der Waals surface area contributed by atoms with Gasteiger partial charge in [0.05, 0.1) is 5.41 Å². The van der Waals surface area contributed by atoms with E-state index in [0.717, 1.165) is 24.2 Å². The lowest BCUT2D eigenvalue weighted by atomic mass is 9.86. The van der Waals surface area contributed by atoms with Crippen LogP contribution in [-0.4, -0.2) is 25.5 Å². The molecule has 0 fully saturated rings. The zero-order valence-corrected chi connectivity index (χ0v) is 11.7. The lowest BCUT2D eigenvalue weighted by Gasteiger charge is -2.25. The van der Waals surface area contributed by atoms with E-state index in [2.05, 4.69) is 18.3 Å². The summed E-state index contributed by atoms with van der Waals surface area (Å²) >= 11 is 0. The minimum atomic E-state index is -0.400. The Balaban J connectivity index is 2.36. The van der Waals surface area contributed by atoms with Crippen LogP contribution in [0.2, 0.25) is 0 Å². The number of para-hydroxylation sites is 1. The summed E-state index contributed by atoms with van der Waals surface area (Å²) in [5, 5.41) is 3.26. The number of fused-ring (bicyclic) bond motifs is 1. The highest BCUT2D eigenvalue weighted by atomic mass is 16.2. The molecule has 0 saturated carbocycles. The SMILES string of the molecule is CCC(CN1C(=O)C(C)(C)c2ccccc21)NC. The molecule has 1 aromatic carbocycles. The second-order valence-electron chi connectivity index (χ2n) is 5.45. The number of rotatable bonds is 4. The third-order valence-electron chi connectivity index (χ3n) is 3.95. The van der Waals surface area contributed by atoms with E-state index >= 15 is 0 Å². The molecule has 1 atom stereocenters. The largest absolute Gasteiger partial charge is 0.315 e. The van der Waals surface area contributed by atoms with Crippen molar-refractivity contribution in [1.29, 1.82) is 0 Å². The molecular formula is C15H22N2O. The predicted octanol–water partition coefficient (Wildman–Crippen LogP) is 2.31. The number of hydrogen-bond acceptors (Lipinski definition) is 2. The molecule has 1 heterocycles. The third-order valence-corrected chi connectivity index (χ3v) is 3.95. The number of nitrogens with zero attached hydrogens (tertiary/aromatic N) is 1. The molecule has 0 radical (unpaired) electrons. The molecule has 0 aliphatic carbocycles. The zero-order valence-electron chi connectivity index (χ0n) is 11.7. The van der Waals surface area contributed by atoms with Crippen LogP contribution in [0.25, 0.3) is 0 Å². The highest BCUT2D eigenvalue weighted by Gasteiger charge is 2.43. The summed E-state index contributed by atoms with van der Waals surface area (Å²) in [4.78, 5) is 14.5. The van der Waals surface area contributed by atoms with Crippen LogP contribution < -0.4 is 10.2 Å². The van der Waals surface area contributed by atoms with E-state index in [1.165, 1.54) is 0 Å². The normalized spacial score (nSPS) is 18.9. The fraction of sp³-hybridized carbons (Fsp3) is 0.533. The van der Waals surface area contributed by atoms with E-state index in [4.69, 9.17) is 0 Å². The predicted molar refractivity (Wildman–Crippen MR) is 75.0 cm³/mol. The molecule has 98 valence electrons. The first-order valence-electron chi connectivity index (χ1n) is 6.61. The summed E-state index contributed by atoms with van der Waals surface area (Å²) in [6, 6.07) is 8.46. The lowest BCUT2D eigenvalue weighted by Crippen LogP contribution is -2.44. The van der Waals surface area contributed by atoms with Gasteiger partial charge in [0.15, 0.2) is 0 Å². The number of nitrogens with one attached hydrogen (secondary N) is 1. The van der Waals surface area contributed by atoms with Crippen molar-refractivity contribution in [3.63, 3.8) is 0 Å². The fourth-order valence-corrected chi connectivity index (χ4v) is 2.63. The number of carbonyl (C=O) groups is 1. The summed E-state index contributed by atoms with van der Waals surface area (Å²) in [5.74, 6) is 0.206. The summed E-state index contributed by atoms with van der Waals surface area (Å²) < 4.78 is 0. The van der Waals surface area contributed by atoms with E-state index < -0.39 is 5.41 Å². The maximum absolute atomic E-state index is 12.5. The Labute approximate surface area is 109 Å². The van der Waals surface area contributed by atoms with E-state index in [9.17, 15) is 4.79 Å². The van der Waals surface area contributed by atoms with Crippen molar-refractivity contribution in [2.24, 2.45) is 0 Å². The van der Waals surface area contributed by atoms with Gasteiger partial charge in [-0.15, -0.1) is 0 Å². The molecule has 0 aromatic heterocycles. The molecule has 1 aliphatic heterocycles. The molecule has 1 N–H and O–H groups in total. The fourth-order valence-electron chi connectivity index (χ4n) is 2.63. The van der Waals surface area contributed by atoms with Crippen molar-refractivity contribution < 1.29 is 4.79 Å². The number of likely N-dealkylation sites (N-methyl/N-ethyl adjacent to an activating group) is 1. The molecule has 0 saturated heterocycles. The molecule has 1 aromatic rings. The Kier molecular flexibility index (Phi) is 3.44. The van der Waals surface area contributed by atoms with Gasteiger partial charge in [-0.1, -0.05) is 25.1 Å². The van der Waals surface area contributed by atoms with Crippen molar-refractivity contribution in [3.8, 4) is 0 Å². The monoisotopic (exact) mass is 246 g/mol. The summed E-state index contributed by atoms with van der Waals surface area (Å²) in [6.45, 7) is 6.90. The minimum Gasteiger partial charge on any atom is -0.315 e. The first-order chi connectivity index (χ1) is 8.52. The topological polar surface area (TPSA) is 32.3 Å². The highest BCUT2D eigenvalue weighted by Crippen LogP contribution is 2.41. The quantitative estimate of drug-likeness (QED) is 0.884. The van der Waals surface area contributed by atoms with Crippen molar-refractivity contribution in [2.45, 2.75) is 38.6 Å². The summed E-state index contributed by atoms with van der Waals surface area (Å²) in [7, 11) is 1.95. The number of carbonyl (C=O) groups excluding carboxylic acids is 1. The van der Waals surface area contributed by atoms with Gasteiger partial charge < -0.3 is 10.2 Å². The van der Waals surface area contributed by atoms with Crippen molar-refractivity contribution in [3.05, 3.63) is 29.8 Å². The first kappa shape index (κ1) is 13.1. The van der Waals surface area contributed by atoms with Gasteiger partial charge in [-0.05, 0) is 38.9 Å². The van der Waals surface area contributed by atoms with Crippen LogP contribution in [-0.2, 0) is 10.2 Å². The van der Waals surface area contributed by atoms with Crippen molar-refractivity contribution >= 4 is 11.6 Å². The van der Waals surface area contributed by atoms with Gasteiger partial charge in [-0.2, -0.15) is 0 Å². The van der Waals surface area contributed by atoms with E-state index in [1.807, 2.05) is 44.0 Å². The second-order valence-corrected chi connectivity index (χ2v) is 5.45. The Bertz CT molecular complexity index is 450. The lowest BCUT2D eigenvalue weighted by molar-refractivity contribution is -0.122. The number of hydrogen-bond donors (Lipinski definition) is 1. The van der Waals surface area contributed by atoms with Crippen LogP contribution in [0.5, 0.6) is 0 Å². The van der Waals surface area contributed by atoms with Gasteiger partial charge in [0.2, 0.25) is 5.91 Å². The maximum Gasteiger partial charge on any atom is 0.237 e. The van der Waals surface area contributed by atoms with E-state index in [0.29, 0.717) is 6.04 Å². The van der Waals surface area contributed by atoms with Crippen molar-refractivity contribution in [1.82, 2.24) is 5.32 Å². The molecule has 18 heavy (non-hydrogen) atoms. The van der Waals surface area contributed by atoms with Crippen LogP contribution in [0.1, 0.15) is 32.8 Å². The molecule has 1 unspecified atom stereocenters. The smallest absolute Gasteiger partial charge is 0.237 e. The van der Waals surface area contributed by atoms with Gasteiger partial charge in [0.25, 0.3) is 0 Å². The van der Waals surface area contributed by atoms with Crippen LogP contribution >= 0.6 is 0 Å². The van der Waals surface area contributed by atoms with Crippen LogP contribution in [0, 0.1) is 0 Å². The van der Waals surface area contributed by atoms with Crippen LogP contribution in [0.3, 0.4) is 0 Å². The van der Waals surface area contributed by atoms with Crippen molar-refractivity contribution in [2.75, 3.05) is 18.5 Å². The molecule has 2 rings (SSSR count). The highest BCUT2D eigenvalue weighted by molar-refractivity contribution is 6.07. The van der Waals surface area contributed by atoms with Crippen LogP contribution in [0.4, 0.5) is 5.69 Å². The molecule has 1 aliphatic rings. The third kappa shape index (κ3) is 1.93. The average Bonchev–Trinajstić information content (AvgIpc) is 2.57. The number of amides is 1. The molecule has 0 spiro atoms. The van der Waals surface area contributed by atoms with Gasteiger partial charge in [0.1, 0.15) is 0 Å². The Morgan fingerprint density at radius 3 is 2.61 bits per heavy atom. The standard InChI is InChI=1S/C15H22N2O/c1-5-11(16-4)10-17-13-9-7-6-8-12(13)15(2,3)14(17)18/h6-9,11,16H,5,10H2,1-4H3. The maximum atomic E-state index is 12.5. The molecular weight excluding hydrogens is 224 g/mol. The van der Waals surface area contributed by atoms with Gasteiger partial charge >= 0.3 is 0 Å². The zero-order chi connectivity index (χ0) is 13.3. The summed E-state index contributed by atoms with van der Waals surface area (Å²) in [6.07, 6.45) is 1.02. The first-order valence-corrected chi connectivity index (χ1v) is 6.61.